The van der Waals surface area contributed by atoms with Crippen LogP contribution < -0.4 is 4.74 Å². The molecule has 0 radical (unpaired) electrons. The van der Waals surface area contributed by atoms with Crippen molar-refractivity contribution in [2.24, 2.45) is 0 Å². The lowest BCUT2D eigenvalue weighted by atomic mass is 10.2. The largest absolute Gasteiger partial charge is 0.497 e. The molecule has 0 N–H and O–H groups in total. The van der Waals surface area contributed by atoms with Crippen molar-refractivity contribution in [2.75, 3.05) is 14.2 Å². The van der Waals surface area contributed by atoms with Gasteiger partial charge in [0.15, 0.2) is 0 Å². The zero-order chi connectivity index (χ0) is 16.2. The second kappa shape index (κ2) is 6.66. The predicted octanol–water partition coefficient (Wildman–Crippen LogP) is 3.53. The summed E-state index contributed by atoms with van der Waals surface area (Å²) < 4.78 is 16.0. The topological polar surface area (TPSA) is 64.5 Å². The Hall–Kier alpha value is -2.60. The maximum Gasteiger partial charge on any atom is 0.241 e. The Labute approximate surface area is 134 Å². The SMILES string of the molecule is COc1cccc(-c2noc(CN(C)C(C)c3ccco3)n2)c1. The molecule has 0 saturated carbocycles. The first-order valence-electron chi connectivity index (χ1n) is 7.38. The first-order valence-corrected chi connectivity index (χ1v) is 7.38. The Morgan fingerprint density at radius 3 is 2.87 bits per heavy atom. The minimum Gasteiger partial charge on any atom is -0.497 e. The van der Waals surface area contributed by atoms with Gasteiger partial charge in [-0.15, -0.1) is 0 Å². The molecule has 3 rings (SSSR count). The van der Waals surface area contributed by atoms with Gasteiger partial charge in [0.1, 0.15) is 11.5 Å². The van der Waals surface area contributed by atoms with E-state index in [0.29, 0.717) is 18.3 Å². The molecule has 0 fully saturated rings. The molecule has 0 saturated heterocycles. The molecule has 0 bridgehead atoms. The van der Waals surface area contributed by atoms with E-state index in [9.17, 15) is 0 Å². The van der Waals surface area contributed by atoms with Crippen molar-refractivity contribution >= 4 is 0 Å². The third kappa shape index (κ3) is 3.43. The van der Waals surface area contributed by atoms with Gasteiger partial charge in [-0.1, -0.05) is 17.3 Å². The fraction of sp³-hybridized carbons (Fsp3) is 0.294. The van der Waals surface area contributed by atoms with Crippen LogP contribution in [0.15, 0.2) is 51.6 Å². The molecule has 1 aromatic carbocycles. The molecule has 3 aromatic rings. The summed E-state index contributed by atoms with van der Waals surface area (Å²) in [6.07, 6.45) is 1.67. The van der Waals surface area contributed by atoms with Crippen LogP contribution in [0.4, 0.5) is 0 Å². The highest BCUT2D eigenvalue weighted by atomic mass is 16.5. The van der Waals surface area contributed by atoms with E-state index < -0.39 is 0 Å². The second-order valence-corrected chi connectivity index (χ2v) is 5.35. The molecular weight excluding hydrogens is 294 g/mol. The lowest BCUT2D eigenvalue weighted by Gasteiger charge is -2.20. The lowest BCUT2D eigenvalue weighted by molar-refractivity contribution is 0.196. The molecular formula is C17H19N3O3. The summed E-state index contributed by atoms with van der Waals surface area (Å²) in [4.78, 5) is 6.54. The van der Waals surface area contributed by atoms with Gasteiger partial charge in [0.05, 0.1) is 26.0 Å². The molecule has 2 aromatic heterocycles. The zero-order valence-corrected chi connectivity index (χ0v) is 13.4. The van der Waals surface area contributed by atoms with Crippen LogP contribution >= 0.6 is 0 Å². The number of nitrogens with zero attached hydrogens (tertiary/aromatic N) is 3. The average molecular weight is 313 g/mol. The monoisotopic (exact) mass is 313 g/mol. The van der Waals surface area contributed by atoms with Crippen LogP contribution in [0, 0.1) is 0 Å². The summed E-state index contributed by atoms with van der Waals surface area (Å²) in [7, 11) is 3.62. The fourth-order valence-electron chi connectivity index (χ4n) is 2.29. The Kier molecular flexibility index (Phi) is 4.43. The van der Waals surface area contributed by atoms with Crippen LogP contribution in [0.1, 0.15) is 24.6 Å². The first kappa shape index (κ1) is 15.3. The average Bonchev–Trinajstić information content (AvgIpc) is 3.26. The smallest absolute Gasteiger partial charge is 0.241 e. The molecule has 0 aliphatic heterocycles. The van der Waals surface area contributed by atoms with Crippen LogP contribution in [-0.4, -0.2) is 29.2 Å². The normalized spacial score (nSPS) is 12.5. The van der Waals surface area contributed by atoms with E-state index in [-0.39, 0.29) is 6.04 Å². The molecule has 1 atom stereocenters. The van der Waals surface area contributed by atoms with Gasteiger partial charge in [-0.3, -0.25) is 4.90 Å². The minimum absolute atomic E-state index is 0.122. The van der Waals surface area contributed by atoms with E-state index in [0.717, 1.165) is 17.1 Å². The van der Waals surface area contributed by atoms with Crippen LogP contribution in [0.2, 0.25) is 0 Å². The highest BCUT2D eigenvalue weighted by Gasteiger charge is 2.18. The third-order valence-corrected chi connectivity index (χ3v) is 3.80. The second-order valence-electron chi connectivity index (χ2n) is 5.35. The third-order valence-electron chi connectivity index (χ3n) is 3.80. The zero-order valence-electron chi connectivity index (χ0n) is 13.4. The van der Waals surface area contributed by atoms with Crippen molar-refractivity contribution in [1.82, 2.24) is 15.0 Å². The minimum atomic E-state index is 0.122. The van der Waals surface area contributed by atoms with E-state index in [1.807, 2.05) is 43.4 Å². The van der Waals surface area contributed by atoms with Gasteiger partial charge in [-0.2, -0.15) is 4.98 Å². The number of ether oxygens (including phenoxy) is 1. The number of aromatic nitrogens is 2. The summed E-state index contributed by atoms with van der Waals surface area (Å²) in [5, 5.41) is 4.05. The van der Waals surface area contributed by atoms with Gasteiger partial charge in [-0.05, 0) is 38.2 Å². The summed E-state index contributed by atoms with van der Waals surface area (Å²) in [6.45, 7) is 2.61. The lowest BCUT2D eigenvalue weighted by Crippen LogP contribution is -2.21. The van der Waals surface area contributed by atoms with Gasteiger partial charge in [0, 0.05) is 5.56 Å². The number of hydrogen-bond acceptors (Lipinski definition) is 6. The van der Waals surface area contributed by atoms with Crippen molar-refractivity contribution in [3.63, 3.8) is 0 Å². The molecule has 23 heavy (non-hydrogen) atoms. The Morgan fingerprint density at radius 1 is 1.26 bits per heavy atom. The molecule has 0 aliphatic carbocycles. The first-order chi connectivity index (χ1) is 11.2. The van der Waals surface area contributed by atoms with E-state index in [1.54, 1.807) is 13.4 Å². The maximum atomic E-state index is 5.43. The highest BCUT2D eigenvalue weighted by molar-refractivity contribution is 5.56. The van der Waals surface area contributed by atoms with Crippen molar-refractivity contribution in [3.05, 3.63) is 54.3 Å². The van der Waals surface area contributed by atoms with Crippen molar-refractivity contribution in [2.45, 2.75) is 19.5 Å². The van der Waals surface area contributed by atoms with E-state index in [1.165, 1.54) is 0 Å². The summed E-state index contributed by atoms with van der Waals surface area (Å²) in [6, 6.07) is 11.5. The van der Waals surface area contributed by atoms with E-state index >= 15 is 0 Å². The number of rotatable bonds is 6. The number of methoxy groups -OCH3 is 1. The van der Waals surface area contributed by atoms with Crippen molar-refractivity contribution < 1.29 is 13.7 Å². The highest BCUT2D eigenvalue weighted by Crippen LogP contribution is 2.23. The van der Waals surface area contributed by atoms with Gasteiger partial charge >= 0.3 is 0 Å². The molecule has 6 heteroatoms. The van der Waals surface area contributed by atoms with Crippen molar-refractivity contribution in [1.29, 1.82) is 0 Å². The Balaban J connectivity index is 1.71. The molecule has 2 heterocycles. The summed E-state index contributed by atoms with van der Waals surface area (Å²) in [5.74, 6) is 2.78. The molecule has 1 unspecified atom stereocenters. The van der Waals surface area contributed by atoms with E-state index in [2.05, 4.69) is 22.0 Å². The number of furan rings is 1. The predicted molar refractivity (Wildman–Crippen MR) is 84.9 cm³/mol. The van der Waals surface area contributed by atoms with Gasteiger partial charge < -0.3 is 13.7 Å². The van der Waals surface area contributed by atoms with Crippen LogP contribution in [0.3, 0.4) is 0 Å². The van der Waals surface area contributed by atoms with Crippen LogP contribution in [0.5, 0.6) is 5.75 Å². The van der Waals surface area contributed by atoms with E-state index in [4.69, 9.17) is 13.7 Å². The Bertz CT molecular complexity index is 752. The van der Waals surface area contributed by atoms with Crippen LogP contribution in [0.25, 0.3) is 11.4 Å². The van der Waals surface area contributed by atoms with Gasteiger partial charge in [0.25, 0.3) is 0 Å². The standard InChI is InChI=1S/C17H19N3O3/c1-12(15-8-5-9-22-15)20(2)11-16-18-17(19-23-16)13-6-4-7-14(10-13)21-3/h4-10,12H,11H2,1-3H3. The fourth-order valence-corrected chi connectivity index (χ4v) is 2.29. The summed E-state index contributed by atoms with van der Waals surface area (Å²) >= 11 is 0. The molecule has 0 amide bonds. The van der Waals surface area contributed by atoms with Gasteiger partial charge in [0.2, 0.25) is 11.7 Å². The molecule has 6 nitrogen and oxygen atoms in total. The van der Waals surface area contributed by atoms with Crippen molar-refractivity contribution in [3.8, 4) is 17.1 Å². The summed E-state index contributed by atoms with van der Waals surface area (Å²) in [5.41, 5.74) is 0.862. The van der Waals surface area contributed by atoms with Gasteiger partial charge in [-0.25, -0.2) is 0 Å². The number of hydrogen-bond donors (Lipinski definition) is 0. The Morgan fingerprint density at radius 2 is 2.13 bits per heavy atom. The maximum absolute atomic E-state index is 5.43. The molecule has 0 spiro atoms. The number of benzene rings is 1. The van der Waals surface area contributed by atoms with Crippen LogP contribution in [-0.2, 0) is 6.54 Å². The molecule has 0 aliphatic rings. The quantitative estimate of drug-likeness (QED) is 0.693. The molecule has 120 valence electrons.